The number of carbonyl (C=O) groups is 1. The topological polar surface area (TPSA) is 42.0 Å². The number of amides is 1. The number of anilines is 1. The van der Waals surface area contributed by atoms with Gasteiger partial charge < -0.3 is 5.32 Å². The molecule has 0 aliphatic rings. The second-order valence-electron chi connectivity index (χ2n) is 4.23. The lowest BCUT2D eigenvalue weighted by Gasteiger charge is -2.13. The van der Waals surface area contributed by atoms with Crippen LogP contribution in [0.15, 0.2) is 6.07 Å². The first-order valence-electron chi connectivity index (χ1n) is 4.70. The van der Waals surface area contributed by atoms with Crippen molar-refractivity contribution in [2.45, 2.75) is 39.5 Å². The molecular formula is C10H16N2OS. The van der Waals surface area contributed by atoms with Crippen LogP contribution in [0, 0.1) is 0 Å². The van der Waals surface area contributed by atoms with Crippen molar-refractivity contribution in [2.24, 2.45) is 0 Å². The Morgan fingerprint density at radius 1 is 1.57 bits per heavy atom. The Balaban J connectivity index is 2.74. The Morgan fingerprint density at radius 2 is 2.21 bits per heavy atom. The van der Waals surface area contributed by atoms with Crippen molar-refractivity contribution < 1.29 is 4.79 Å². The summed E-state index contributed by atoms with van der Waals surface area (Å²) in [7, 11) is 0. The Bertz CT molecular complexity index is 325. The summed E-state index contributed by atoms with van der Waals surface area (Å²) in [4.78, 5) is 11.1. The first-order chi connectivity index (χ1) is 6.43. The van der Waals surface area contributed by atoms with Gasteiger partial charge in [-0.05, 0) is 17.6 Å². The van der Waals surface area contributed by atoms with E-state index in [1.807, 2.05) is 13.0 Å². The molecule has 0 saturated carbocycles. The van der Waals surface area contributed by atoms with Crippen LogP contribution in [0.4, 0.5) is 5.00 Å². The van der Waals surface area contributed by atoms with E-state index in [-0.39, 0.29) is 11.3 Å². The van der Waals surface area contributed by atoms with E-state index in [0.29, 0.717) is 6.42 Å². The number of nitrogens with one attached hydrogen (secondary N) is 1. The minimum absolute atomic E-state index is 0.0362. The standard InChI is InChI=1S/C10H16N2OS/c1-5-8(13)11-9-6-7(12-14-9)10(2,3)4/h6H,5H2,1-4H3,(H,11,13). The molecule has 1 heterocycles. The lowest BCUT2D eigenvalue weighted by atomic mass is 9.92. The zero-order valence-corrected chi connectivity index (χ0v) is 9.86. The molecule has 0 aliphatic heterocycles. The van der Waals surface area contributed by atoms with Crippen molar-refractivity contribution in [2.75, 3.05) is 5.32 Å². The van der Waals surface area contributed by atoms with Gasteiger partial charge >= 0.3 is 0 Å². The summed E-state index contributed by atoms with van der Waals surface area (Å²) < 4.78 is 4.30. The van der Waals surface area contributed by atoms with Gasteiger partial charge in [0.05, 0.1) is 5.69 Å². The SMILES string of the molecule is CCC(=O)Nc1cc(C(C)(C)C)ns1. The van der Waals surface area contributed by atoms with E-state index in [2.05, 4.69) is 30.5 Å². The lowest BCUT2D eigenvalue weighted by molar-refractivity contribution is -0.115. The Kier molecular flexibility index (Phi) is 3.26. The van der Waals surface area contributed by atoms with Gasteiger partial charge in [0.15, 0.2) is 0 Å². The molecule has 0 radical (unpaired) electrons. The minimum Gasteiger partial charge on any atom is -0.316 e. The molecule has 1 rings (SSSR count). The smallest absolute Gasteiger partial charge is 0.224 e. The molecule has 0 atom stereocenters. The van der Waals surface area contributed by atoms with Gasteiger partial charge in [0.2, 0.25) is 5.91 Å². The first kappa shape index (κ1) is 11.2. The summed E-state index contributed by atoms with van der Waals surface area (Å²) in [5.74, 6) is 0.0362. The molecule has 0 fully saturated rings. The van der Waals surface area contributed by atoms with Crippen LogP contribution in [0.3, 0.4) is 0 Å². The van der Waals surface area contributed by atoms with Gasteiger partial charge in [-0.25, -0.2) is 0 Å². The second kappa shape index (κ2) is 4.09. The second-order valence-corrected chi connectivity index (χ2v) is 5.03. The third-order valence-corrected chi connectivity index (χ3v) is 2.57. The molecule has 4 heteroatoms. The van der Waals surface area contributed by atoms with Gasteiger partial charge in [-0.1, -0.05) is 27.7 Å². The fourth-order valence-electron chi connectivity index (χ4n) is 0.913. The summed E-state index contributed by atoms with van der Waals surface area (Å²) in [6, 6.07) is 1.94. The van der Waals surface area contributed by atoms with Crippen LogP contribution in [0.5, 0.6) is 0 Å². The van der Waals surface area contributed by atoms with Crippen molar-refractivity contribution in [3.8, 4) is 0 Å². The van der Waals surface area contributed by atoms with Crippen LogP contribution in [0.25, 0.3) is 0 Å². The molecule has 0 bridgehead atoms. The molecule has 0 saturated heterocycles. The Hall–Kier alpha value is -0.900. The van der Waals surface area contributed by atoms with Crippen molar-refractivity contribution in [3.63, 3.8) is 0 Å². The minimum atomic E-state index is 0.0362. The van der Waals surface area contributed by atoms with Crippen molar-refractivity contribution in [1.82, 2.24) is 4.37 Å². The van der Waals surface area contributed by atoms with Crippen molar-refractivity contribution in [3.05, 3.63) is 11.8 Å². The van der Waals surface area contributed by atoms with E-state index in [9.17, 15) is 4.79 Å². The molecule has 1 amide bonds. The van der Waals surface area contributed by atoms with Gasteiger partial charge in [-0.2, -0.15) is 4.37 Å². The molecule has 78 valence electrons. The highest BCUT2D eigenvalue weighted by Gasteiger charge is 2.17. The Labute approximate surface area is 88.7 Å². The number of nitrogens with zero attached hydrogens (tertiary/aromatic N) is 1. The average molecular weight is 212 g/mol. The van der Waals surface area contributed by atoms with Crippen LogP contribution < -0.4 is 5.32 Å². The van der Waals surface area contributed by atoms with E-state index >= 15 is 0 Å². The van der Waals surface area contributed by atoms with E-state index < -0.39 is 0 Å². The molecule has 0 unspecified atom stereocenters. The van der Waals surface area contributed by atoms with Crippen LogP contribution in [0.2, 0.25) is 0 Å². The molecule has 3 nitrogen and oxygen atoms in total. The summed E-state index contributed by atoms with van der Waals surface area (Å²) in [6.45, 7) is 8.15. The summed E-state index contributed by atoms with van der Waals surface area (Å²) in [5, 5.41) is 3.64. The van der Waals surface area contributed by atoms with Crippen LogP contribution >= 0.6 is 11.5 Å². The lowest BCUT2D eigenvalue weighted by Crippen LogP contribution is -2.11. The maximum atomic E-state index is 11.1. The van der Waals surface area contributed by atoms with Gasteiger partial charge in [-0.3, -0.25) is 4.79 Å². The number of rotatable bonds is 2. The largest absolute Gasteiger partial charge is 0.316 e. The molecule has 14 heavy (non-hydrogen) atoms. The van der Waals surface area contributed by atoms with Gasteiger partial charge in [-0.15, -0.1) is 0 Å². The molecule has 0 spiro atoms. The van der Waals surface area contributed by atoms with Crippen molar-refractivity contribution in [1.29, 1.82) is 0 Å². The molecule has 0 aliphatic carbocycles. The fraction of sp³-hybridized carbons (Fsp3) is 0.600. The number of hydrogen-bond donors (Lipinski definition) is 1. The molecular weight excluding hydrogens is 196 g/mol. The molecule has 1 aromatic rings. The molecule has 1 aromatic heterocycles. The van der Waals surface area contributed by atoms with Crippen LogP contribution in [-0.4, -0.2) is 10.3 Å². The predicted molar refractivity (Wildman–Crippen MR) is 59.7 cm³/mol. The summed E-state index contributed by atoms with van der Waals surface area (Å²) in [6.07, 6.45) is 0.503. The maximum Gasteiger partial charge on any atom is 0.224 e. The van der Waals surface area contributed by atoms with Crippen LogP contribution in [-0.2, 0) is 10.2 Å². The molecule has 1 N–H and O–H groups in total. The monoisotopic (exact) mass is 212 g/mol. The van der Waals surface area contributed by atoms with Crippen molar-refractivity contribution >= 4 is 22.4 Å². The van der Waals surface area contributed by atoms with Gasteiger partial charge in [0.25, 0.3) is 0 Å². The van der Waals surface area contributed by atoms with Gasteiger partial charge in [0, 0.05) is 11.8 Å². The van der Waals surface area contributed by atoms with E-state index in [0.717, 1.165) is 10.7 Å². The highest BCUT2D eigenvalue weighted by molar-refractivity contribution is 7.10. The number of hydrogen-bond acceptors (Lipinski definition) is 3. The quantitative estimate of drug-likeness (QED) is 0.819. The zero-order chi connectivity index (χ0) is 10.8. The number of carbonyl (C=O) groups excluding carboxylic acids is 1. The third kappa shape index (κ3) is 2.80. The maximum absolute atomic E-state index is 11.1. The summed E-state index contributed by atoms with van der Waals surface area (Å²) in [5.41, 5.74) is 1.07. The van der Waals surface area contributed by atoms with E-state index in [4.69, 9.17) is 0 Å². The average Bonchev–Trinajstić information content (AvgIpc) is 2.51. The highest BCUT2D eigenvalue weighted by Crippen LogP contribution is 2.26. The predicted octanol–water partition coefficient (Wildman–Crippen LogP) is 2.79. The number of aromatic nitrogens is 1. The fourth-order valence-corrected chi connectivity index (χ4v) is 1.76. The van der Waals surface area contributed by atoms with Crippen LogP contribution in [0.1, 0.15) is 39.8 Å². The highest BCUT2D eigenvalue weighted by atomic mass is 32.1. The third-order valence-electron chi connectivity index (χ3n) is 1.86. The summed E-state index contributed by atoms with van der Waals surface area (Å²) >= 11 is 1.34. The van der Waals surface area contributed by atoms with E-state index in [1.165, 1.54) is 11.5 Å². The normalized spacial score (nSPS) is 11.4. The van der Waals surface area contributed by atoms with Gasteiger partial charge in [0.1, 0.15) is 5.00 Å². The zero-order valence-electron chi connectivity index (χ0n) is 9.05. The first-order valence-corrected chi connectivity index (χ1v) is 5.48. The van der Waals surface area contributed by atoms with E-state index in [1.54, 1.807) is 0 Å². The Morgan fingerprint density at radius 3 is 2.64 bits per heavy atom. The molecule has 0 aromatic carbocycles.